The molecule has 0 amide bonds. The van der Waals surface area contributed by atoms with Gasteiger partial charge >= 0.3 is 6.18 Å². The van der Waals surface area contributed by atoms with Crippen LogP contribution >= 0.6 is 0 Å². The molecule has 0 N–H and O–H groups in total. The molecule has 1 aromatic heterocycles. The quantitative estimate of drug-likeness (QED) is 0.832. The van der Waals surface area contributed by atoms with E-state index in [4.69, 9.17) is 4.52 Å². The van der Waals surface area contributed by atoms with Gasteiger partial charge in [0.1, 0.15) is 0 Å². The standard InChI is InChI=1S/C14H15F3N2O/c1-8(2)9(3)12-18-13(20-19-12)10-5-4-6-11(7-10)14(15,16)17/h4-9H,1-3H3/t9-/m1/s1. The van der Waals surface area contributed by atoms with Crippen molar-refractivity contribution in [3.8, 4) is 11.5 Å². The van der Waals surface area contributed by atoms with Crippen LogP contribution in [0.2, 0.25) is 0 Å². The summed E-state index contributed by atoms with van der Waals surface area (Å²) in [6.45, 7) is 5.99. The minimum atomic E-state index is -4.38. The maximum absolute atomic E-state index is 12.7. The second kappa shape index (κ2) is 5.26. The number of rotatable bonds is 3. The number of aromatic nitrogens is 2. The highest BCUT2D eigenvalue weighted by molar-refractivity contribution is 5.54. The zero-order chi connectivity index (χ0) is 14.9. The Labute approximate surface area is 114 Å². The molecule has 1 aromatic carbocycles. The smallest absolute Gasteiger partial charge is 0.334 e. The van der Waals surface area contributed by atoms with Crippen LogP contribution in [0.5, 0.6) is 0 Å². The molecule has 0 spiro atoms. The fraction of sp³-hybridized carbons (Fsp3) is 0.429. The van der Waals surface area contributed by atoms with Gasteiger partial charge in [0.25, 0.3) is 5.89 Å². The van der Waals surface area contributed by atoms with E-state index in [0.717, 1.165) is 12.1 Å². The maximum atomic E-state index is 12.7. The van der Waals surface area contributed by atoms with Gasteiger partial charge in [0.05, 0.1) is 5.56 Å². The van der Waals surface area contributed by atoms with Crippen LogP contribution in [0.25, 0.3) is 11.5 Å². The predicted octanol–water partition coefficient (Wildman–Crippen LogP) is 4.51. The van der Waals surface area contributed by atoms with Crippen LogP contribution in [0, 0.1) is 5.92 Å². The van der Waals surface area contributed by atoms with E-state index >= 15 is 0 Å². The van der Waals surface area contributed by atoms with Gasteiger partial charge in [-0.25, -0.2) is 0 Å². The molecule has 108 valence electrons. The Hall–Kier alpha value is -1.85. The van der Waals surface area contributed by atoms with Crippen molar-refractivity contribution in [3.05, 3.63) is 35.7 Å². The Balaban J connectivity index is 2.33. The van der Waals surface area contributed by atoms with Gasteiger partial charge in [-0.05, 0) is 24.1 Å². The van der Waals surface area contributed by atoms with Gasteiger partial charge in [0.15, 0.2) is 5.82 Å². The highest BCUT2D eigenvalue weighted by Gasteiger charge is 2.31. The summed E-state index contributed by atoms with van der Waals surface area (Å²) in [6.07, 6.45) is -4.38. The van der Waals surface area contributed by atoms with E-state index in [1.807, 2.05) is 20.8 Å². The Morgan fingerprint density at radius 3 is 2.45 bits per heavy atom. The molecule has 1 atom stereocenters. The first-order chi connectivity index (χ1) is 9.29. The third-order valence-electron chi connectivity index (χ3n) is 3.29. The van der Waals surface area contributed by atoms with Crippen molar-refractivity contribution >= 4 is 0 Å². The van der Waals surface area contributed by atoms with E-state index in [1.54, 1.807) is 0 Å². The van der Waals surface area contributed by atoms with E-state index in [1.165, 1.54) is 12.1 Å². The fourth-order valence-electron chi connectivity index (χ4n) is 1.66. The van der Waals surface area contributed by atoms with Crippen molar-refractivity contribution in [2.45, 2.75) is 32.9 Å². The van der Waals surface area contributed by atoms with Crippen molar-refractivity contribution in [2.24, 2.45) is 5.92 Å². The molecule has 1 heterocycles. The molecular weight excluding hydrogens is 269 g/mol. The van der Waals surface area contributed by atoms with Gasteiger partial charge < -0.3 is 4.52 Å². The lowest BCUT2D eigenvalue weighted by Gasteiger charge is -2.09. The summed E-state index contributed by atoms with van der Waals surface area (Å²) >= 11 is 0. The summed E-state index contributed by atoms with van der Waals surface area (Å²) < 4.78 is 43.0. The third kappa shape index (κ3) is 3.00. The molecule has 0 aliphatic heterocycles. The van der Waals surface area contributed by atoms with E-state index in [0.29, 0.717) is 11.7 Å². The Bertz CT molecular complexity index is 590. The predicted molar refractivity (Wildman–Crippen MR) is 68.0 cm³/mol. The second-order valence-corrected chi connectivity index (χ2v) is 5.07. The molecule has 0 aliphatic rings. The molecule has 6 heteroatoms. The summed E-state index contributed by atoms with van der Waals surface area (Å²) in [5.41, 5.74) is -0.457. The molecule has 0 unspecified atom stereocenters. The lowest BCUT2D eigenvalue weighted by molar-refractivity contribution is -0.137. The van der Waals surface area contributed by atoms with Crippen molar-refractivity contribution < 1.29 is 17.7 Å². The highest BCUT2D eigenvalue weighted by Crippen LogP contribution is 2.32. The van der Waals surface area contributed by atoms with E-state index in [-0.39, 0.29) is 17.4 Å². The van der Waals surface area contributed by atoms with Crippen LogP contribution in [-0.2, 0) is 6.18 Å². The van der Waals surface area contributed by atoms with Gasteiger partial charge in [-0.1, -0.05) is 32.0 Å². The zero-order valence-electron chi connectivity index (χ0n) is 11.4. The number of hydrogen-bond acceptors (Lipinski definition) is 3. The van der Waals surface area contributed by atoms with Crippen LogP contribution in [0.1, 0.15) is 38.1 Å². The van der Waals surface area contributed by atoms with Crippen LogP contribution in [0.15, 0.2) is 28.8 Å². The lowest BCUT2D eigenvalue weighted by Crippen LogP contribution is -2.05. The van der Waals surface area contributed by atoms with E-state index in [9.17, 15) is 13.2 Å². The topological polar surface area (TPSA) is 38.9 Å². The van der Waals surface area contributed by atoms with Gasteiger partial charge in [0.2, 0.25) is 0 Å². The molecular formula is C14H15F3N2O. The molecule has 2 aromatic rings. The van der Waals surface area contributed by atoms with Crippen LogP contribution in [0.3, 0.4) is 0 Å². The average molecular weight is 284 g/mol. The minimum Gasteiger partial charge on any atom is -0.334 e. The zero-order valence-corrected chi connectivity index (χ0v) is 11.4. The third-order valence-corrected chi connectivity index (χ3v) is 3.29. The molecule has 0 saturated carbocycles. The van der Waals surface area contributed by atoms with Crippen LogP contribution < -0.4 is 0 Å². The molecule has 0 saturated heterocycles. The number of hydrogen-bond donors (Lipinski definition) is 0. The summed E-state index contributed by atoms with van der Waals surface area (Å²) in [6, 6.07) is 4.87. The summed E-state index contributed by atoms with van der Waals surface area (Å²) in [5, 5.41) is 3.84. The van der Waals surface area contributed by atoms with Crippen molar-refractivity contribution in [2.75, 3.05) is 0 Å². The summed E-state index contributed by atoms with van der Waals surface area (Å²) in [5.74, 6) is 1.02. The Morgan fingerprint density at radius 1 is 1.15 bits per heavy atom. The number of nitrogens with zero attached hydrogens (tertiary/aromatic N) is 2. The Morgan fingerprint density at radius 2 is 1.85 bits per heavy atom. The molecule has 0 radical (unpaired) electrons. The normalized spacial score (nSPS) is 13.8. The van der Waals surface area contributed by atoms with Gasteiger partial charge in [0, 0.05) is 11.5 Å². The van der Waals surface area contributed by atoms with Gasteiger partial charge in [-0.15, -0.1) is 0 Å². The van der Waals surface area contributed by atoms with E-state index < -0.39 is 11.7 Å². The number of alkyl halides is 3. The van der Waals surface area contributed by atoms with Crippen LogP contribution in [-0.4, -0.2) is 10.1 Å². The SMILES string of the molecule is CC(C)[C@@H](C)c1noc(-c2cccc(C(F)(F)F)c2)n1. The summed E-state index contributed by atoms with van der Waals surface area (Å²) in [7, 11) is 0. The fourth-order valence-corrected chi connectivity index (χ4v) is 1.66. The van der Waals surface area contributed by atoms with Crippen molar-refractivity contribution in [1.82, 2.24) is 10.1 Å². The highest BCUT2D eigenvalue weighted by atomic mass is 19.4. The first-order valence-electron chi connectivity index (χ1n) is 6.30. The molecule has 3 nitrogen and oxygen atoms in total. The molecule has 2 rings (SSSR count). The molecule has 0 bridgehead atoms. The first kappa shape index (κ1) is 14.6. The molecule has 20 heavy (non-hydrogen) atoms. The van der Waals surface area contributed by atoms with Gasteiger partial charge in [-0.3, -0.25) is 0 Å². The second-order valence-electron chi connectivity index (χ2n) is 5.07. The number of benzene rings is 1. The van der Waals surface area contributed by atoms with E-state index in [2.05, 4.69) is 10.1 Å². The molecule has 0 aliphatic carbocycles. The van der Waals surface area contributed by atoms with Crippen molar-refractivity contribution in [1.29, 1.82) is 0 Å². The van der Waals surface area contributed by atoms with Crippen LogP contribution in [0.4, 0.5) is 13.2 Å². The van der Waals surface area contributed by atoms with Gasteiger partial charge in [-0.2, -0.15) is 18.2 Å². The number of halogens is 3. The Kier molecular flexibility index (Phi) is 3.83. The average Bonchev–Trinajstić information content (AvgIpc) is 2.86. The monoisotopic (exact) mass is 284 g/mol. The maximum Gasteiger partial charge on any atom is 0.416 e. The lowest BCUT2D eigenvalue weighted by atomic mass is 9.98. The summed E-state index contributed by atoms with van der Waals surface area (Å²) in [4.78, 5) is 4.18. The molecule has 0 fully saturated rings. The first-order valence-corrected chi connectivity index (χ1v) is 6.30. The van der Waals surface area contributed by atoms with Crippen molar-refractivity contribution in [3.63, 3.8) is 0 Å². The minimum absolute atomic E-state index is 0.0818. The largest absolute Gasteiger partial charge is 0.416 e.